The van der Waals surface area contributed by atoms with Crippen LogP contribution in [0.1, 0.15) is 49.8 Å². The molecule has 0 radical (unpaired) electrons. The number of carbonyl (C=O) groups excluding carboxylic acids is 1. The monoisotopic (exact) mass is 698 g/mol. The van der Waals surface area contributed by atoms with Gasteiger partial charge in [0.05, 0.1) is 34.8 Å². The molecule has 8 rings (SSSR count). The Morgan fingerprint density at radius 1 is 1.14 bits per heavy atom. The van der Waals surface area contributed by atoms with Crippen molar-refractivity contribution in [3.8, 4) is 35.4 Å². The number of anilines is 1. The molecule has 4 aromatic rings. The molecular weight excluding hydrogens is 658 g/mol. The van der Waals surface area contributed by atoms with Gasteiger partial charge in [-0.25, -0.2) is 18.6 Å². The number of hydrogen-bond acceptors (Lipinski definition) is 10. The van der Waals surface area contributed by atoms with Crippen LogP contribution in [-0.4, -0.2) is 107 Å². The molecule has 0 unspecified atom stereocenters. The predicted octanol–water partition coefficient (Wildman–Crippen LogP) is 5.43. The van der Waals surface area contributed by atoms with Gasteiger partial charge in [-0.2, -0.15) is 9.97 Å². The molecular formula is C38H40F2N6O5. The Morgan fingerprint density at radius 2 is 2.00 bits per heavy atom. The lowest BCUT2D eigenvalue weighted by molar-refractivity contribution is 0.0484. The highest BCUT2D eigenvalue weighted by molar-refractivity contribution is 6.03. The molecule has 0 bridgehead atoms. The van der Waals surface area contributed by atoms with Gasteiger partial charge in [0.1, 0.15) is 41.8 Å². The van der Waals surface area contributed by atoms with Gasteiger partial charge >= 0.3 is 12.1 Å². The smallest absolute Gasteiger partial charge is 0.409 e. The minimum Gasteiger partial charge on any atom is -0.508 e. The third kappa shape index (κ3) is 5.74. The molecule has 0 spiro atoms. The average molecular weight is 699 g/mol. The van der Waals surface area contributed by atoms with Crippen molar-refractivity contribution in [3.05, 3.63) is 47.2 Å². The Balaban J connectivity index is 1.23. The molecule has 0 saturated carbocycles. The first-order valence-corrected chi connectivity index (χ1v) is 17.6. The van der Waals surface area contributed by atoms with E-state index in [0.717, 1.165) is 38.6 Å². The van der Waals surface area contributed by atoms with Gasteiger partial charge in [-0.15, -0.1) is 6.42 Å². The number of aryl methyl sites for hydroxylation is 1. The molecule has 51 heavy (non-hydrogen) atoms. The second-order valence-corrected chi connectivity index (χ2v) is 14.2. The number of aromatic hydroxyl groups is 1. The summed E-state index contributed by atoms with van der Waals surface area (Å²) in [5.41, 5.74) is 0.388. The van der Waals surface area contributed by atoms with E-state index in [4.69, 9.17) is 35.6 Å². The van der Waals surface area contributed by atoms with Crippen molar-refractivity contribution in [2.75, 3.05) is 58.5 Å². The zero-order valence-electron chi connectivity index (χ0n) is 28.8. The maximum atomic E-state index is 17.2. The molecule has 2 aromatic carbocycles. The highest BCUT2D eigenvalue weighted by Crippen LogP contribution is 2.44. The molecule has 3 fully saturated rings. The molecule has 11 nitrogen and oxygen atoms in total. The molecule has 4 aliphatic rings. The molecule has 2 aromatic heterocycles. The van der Waals surface area contributed by atoms with Gasteiger partial charge < -0.3 is 29.1 Å². The third-order valence-corrected chi connectivity index (χ3v) is 11.0. The number of pyridine rings is 1. The molecule has 4 aliphatic heterocycles. The minimum absolute atomic E-state index is 0.0210. The van der Waals surface area contributed by atoms with Crippen molar-refractivity contribution in [3.63, 3.8) is 0 Å². The van der Waals surface area contributed by atoms with Crippen molar-refractivity contribution in [2.45, 2.75) is 62.6 Å². The fraction of sp³-hybridized carbons (Fsp3) is 0.474. The maximum Gasteiger partial charge on any atom is 0.409 e. The minimum atomic E-state index is -0.741. The molecule has 3 atom stereocenters. The van der Waals surface area contributed by atoms with Crippen molar-refractivity contribution < 1.29 is 32.9 Å². The molecule has 1 N–H and O–H groups in total. The predicted molar refractivity (Wildman–Crippen MR) is 187 cm³/mol. The number of fused-ring (bicyclic) bond motifs is 4. The number of terminal acetylenes is 1. The second kappa shape index (κ2) is 13.1. The first-order chi connectivity index (χ1) is 24.7. The van der Waals surface area contributed by atoms with Crippen LogP contribution in [0, 0.1) is 24.0 Å². The first-order valence-electron chi connectivity index (χ1n) is 17.6. The number of phenolic OH excluding ortho intramolecular Hbond substituents is 1. The lowest BCUT2D eigenvalue weighted by Crippen LogP contribution is -2.48. The average Bonchev–Trinajstić information content (AvgIpc) is 3.53. The van der Waals surface area contributed by atoms with Gasteiger partial charge in [-0.3, -0.25) is 4.90 Å². The van der Waals surface area contributed by atoms with Crippen LogP contribution in [0.15, 0.2) is 24.3 Å². The van der Waals surface area contributed by atoms with Gasteiger partial charge in [-0.05, 0) is 75.1 Å². The van der Waals surface area contributed by atoms with Gasteiger partial charge in [0.25, 0.3) is 0 Å². The van der Waals surface area contributed by atoms with E-state index in [1.807, 2.05) is 0 Å². The van der Waals surface area contributed by atoms with Crippen LogP contribution in [0.25, 0.3) is 32.9 Å². The molecule has 3 saturated heterocycles. The largest absolute Gasteiger partial charge is 0.508 e. The molecule has 0 aliphatic carbocycles. The lowest BCUT2D eigenvalue weighted by atomic mass is 9.95. The van der Waals surface area contributed by atoms with Crippen LogP contribution >= 0.6 is 0 Å². The highest BCUT2D eigenvalue weighted by atomic mass is 19.1. The fourth-order valence-corrected chi connectivity index (χ4v) is 8.53. The summed E-state index contributed by atoms with van der Waals surface area (Å²) in [5, 5.41) is 11.9. The molecule has 6 heterocycles. The summed E-state index contributed by atoms with van der Waals surface area (Å²) in [6.07, 6.45) is 10.9. The molecule has 266 valence electrons. The number of hydrogen-bond donors (Lipinski definition) is 1. The van der Waals surface area contributed by atoms with E-state index in [1.54, 1.807) is 14.1 Å². The SMILES string of the molecule is C#Cc1c(F)ccc2cc(O)cc(-c3nc4c5c(nc(OC[C@@]67CCCN6[C@H](COC(=O)N(C)C)CC7)nc5c3F)N3CCCOC[C@@H]3CC4)c12. The summed E-state index contributed by atoms with van der Waals surface area (Å²) >= 11 is 0. The normalized spacial score (nSPS) is 23.0. The van der Waals surface area contributed by atoms with Crippen molar-refractivity contribution in [1.82, 2.24) is 24.8 Å². The number of benzene rings is 2. The summed E-state index contributed by atoms with van der Waals surface area (Å²) in [6, 6.07) is 5.66. The highest BCUT2D eigenvalue weighted by Gasteiger charge is 2.50. The Morgan fingerprint density at radius 3 is 2.82 bits per heavy atom. The van der Waals surface area contributed by atoms with E-state index in [2.05, 4.69) is 15.7 Å². The van der Waals surface area contributed by atoms with E-state index in [9.17, 15) is 9.90 Å². The summed E-state index contributed by atoms with van der Waals surface area (Å²) in [6.45, 7) is 3.21. The van der Waals surface area contributed by atoms with Gasteiger partial charge in [-0.1, -0.05) is 12.0 Å². The number of halogens is 2. The lowest BCUT2D eigenvalue weighted by Gasteiger charge is -2.34. The summed E-state index contributed by atoms with van der Waals surface area (Å²) in [5.74, 6) is 1.45. The van der Waals surface area contributed by atoms with Crippen LogP contribution in [0.3, 0.4) is 0 Å². The standard InChI is InChI=1S/C38H40F2N6O5/c1-4-26-28(39)9-7-22-17-25(47)18-27(30(22)26)33-32(40)34-31-29(41-33)10-8-23-19-49-16-6-14-45(23)35(31)43-36(42-34)51-21-38-12-5-15-46(38)24(11-13-38)20-50-37(48)44(2)3/h1,7,9,17-18,23-24,47H,5-6,8,10-16,19-21H2,2-3H3/t23-,24-,38-/m0/s1. The van der Waals surface area contributed by atoms with E-state index < -0.39 is 11.6 Å². The van der Waals surface area contributed by atoms with Gasteiger partial charge in [0.2, 0.25) is 0 Å². The Labute approximate surface area is 294 Å². The Kier molecular flexibility index (Phi) is 8.55. The number of rotatable bonds is 6. The quantitative estimate of drug-likeness (QED) is 0.262. The van der Waals surface area contributed by atoms with E-state index in [0.29, 0.717) is 61.5 Å². The first kappa shape index (κ1) is 33.3. The van der Waals surface area contributed by atoms with Crippen molar-refractivity contribution in [2.24, 2.45) is 0 Å². The van der Waals surface area contributed by atoms with Crippen LogP contribution in [0.4, 0.5) is 19.4 Å². The topological polar surface area (TPSA) is 113 Å². The molecule has 1 amide bonds. The van der Waals surface area contributed by atoms with E-state index >= 15 is 8.78 Å². The van der Waals surface area contributed by atoms with Crippen LogP contribution in [0.2, 0.25) is 0 Å². The zero-order valence-corrected chi connectivity index (χ0v) is 28.8. The van der Waals surface area contributed by atoms with Crippen LogP contribution < -0.4 is 9.64 Å². The third-order valence-electron chi connectivity index (χ3n) is 11.0. The number of ether oxygens (including phenoxy) is 3. The fourth-order valence-electron chi connectivity index (χ4n) is 8.53. The summed E-state index contributed by atoms with van der Waals surface area (Å²) < 4.78 is 50.2. The van der Waals surface area contributed by atoms with Crippen LogP contribution in [0.5, 0.6) is 11.8 Å². The maximum absolute atomic E-state index is 17.2. The second-order valence-electron chi connectivity index (χ2n) is 14.2. The Hall–Kier alpha value is -4.80. The number of phenols is 1. The Bertz CT molecular complexity index is 2090. The number of carbonyl (C=O) groups is 1. The van der Waals surface area contributed by atoms with E-state index in [1.165, 1.54) is 29.2 Å². The number of nitrogens with zero attached hydrogens (tertiary/aromatic N) is 6. The number of aromatic nitrogens is 3. The number of amides is 1. The van der Waals surface area contributed by atoms with Crippen molar-refractivity contribution >= 4 is 33.6 Å². The van der Waals surface area contributed by atoms with Crippen LogP contribution in [-0.2, 0) is 15.9 Å². The van der Waals surface area contributed by atoms with E-state index in [-0.39, 0.29) is 69.8 Å². The van der Waals surface area contributed by atoms with Crippen molar-refractivity contribution in [1.29, 1.82) is 0 Å². The van der Waals surface area contributed by atoms with Gasteiger partial charge in [0.15, 0.2) is 5.82 Å². The summed E-state index contributed by atoms with van der Waals surface area (Å²) in [7, 11) is 3.33. The van der Waals surface area contributed by atoms with Gasteiger partial charge in [0, 0.05) is 44.2 Å². The molecule has 13 heteroatoms. The summed E-state index contributed by atoms with van der Waals surface area (Å²) in [4.78, 5) is 32.7. The zero-order chi connectivity index (χ0) is 35.4.